The van der Waals surface area contributed by atoms with Gasteiger partial charge in [-0.1, -0.05) is 58.1 Å². The van der Waals surface area contributed by atoms with Gasteiger partial charge < -0.3 is 20.1 Å². The van der Waals surface area contributed by atoms with E-state index in [1.165, 1.54) is 0 Å². The van der Waals surface area contributed by atoms with Gasteiger partial charge in [0.1, 0.15) is 12.6 Å². The summed E-state index contributed by atoms with van der Waals surface area (Å²) < 4.78 is 13.3. The molecule has 4 aromatic rings. The number of nitrogens with zero attached hydrogens (tertiary/aromatic N) is 4. The van der Waals surface area contributed by atoms with Crippen molar-refractivity contribution in [2.24, 2.45) is 0 Å². The fourth-order valence-corrected chi connectivity index (χ4v) is 5.06. The smallest absolute Gasteiger partial charge is 0.255 e. The minimum atomic E-state index is -0.622. The normalized spacial score (nSPS) is 14.5. The molecule has 1 atom stereocenters. The Morgan fingerprint density at radius 2 is 1.82 bits per heavy atom. The van der Waals surface area contributed by atoms with Crippen molar-refractivity contribution in [2.45, 2.75) is 33.4 Å². The Balaban J connectivity index is 1.49. The highest BCUT2D eigenvalue weighted by molar-refractivity contribution is 6.35. The molecule has 3 aromatic carbocycles. The van der Waals surface area contributed by atoms with E-state index in [1.807, 2.05) is 51.1 Å². The predicted molar refractivity (Wildman–Crippen MR) is 151 cm³/mol. The van der Waals surface area contributed by atoms with Crippen LogP contribution < -0.4 is 20.1 Å². The largest absolute Gasteiger partial charge is 0.493 e. The van der Waals surface area contributed by atoms with Crippen molar-refractivity contribution in [3.8, 4) is 11.5 Å². The monoisotopic (exact) mass is 564 g/mol. The predicted octanol–water partition coefficient (Wildman–Crippen LogP) is 6.11. The summed E-state index contributed by atoms with van der Waals surface area (Å²) in [5.41, 5.74) is 5.31. The molecule has 0 bridgehead atoms. The topological polar surface area (TPSA) is 103 Å². The molecule has 9 nitrogen and oxygen atoms in total. The van der Waals surface area contributed by atoms with Gasteiger partial charge in [0.2, 0.25) is 5.95 Å². The van der Waals surface area contributed by atoms with Gasteiger partial charge in [0.25, 0.3) is 5.91 Å². The Hall–Kier alpha value is -4.08. The van der Waals surface area contributed by atoms with Crippen LogP contribution in [0.25, 0.3) is 0 Å². The molecule has 1 amide bonds. The van der Waals surface area contributed by atoms with E-state index in [4.69, 9.17) is 32.7 Å². The SMILES string of the molecule is COc1cc(C2C(C(=O)Nc3ccc(C)cc3C)=C(C)Nc3nnnn32)ccc1OCc1c(Cl)cccc1Cl. The molecule has 200 valence electrons. The number of tetrazole rings is 1. The highest BCUT2D eigenvalue weighted by Crippen LogP contribution is 2.39. The maximum absolute atomic E-state index is 13.7. The summed E-state index contributed by atoms with van der Waals surface area (Å²) in [5, 5.41) is 19.3. The first-order chi connectivity index (χ1) is 18.8. The number of hydrogen-bond acceptors (Lipinski definition) is 7. The van der Waals surface area contributed by atoms with Gasteiger partial charge in [-0.05, 0) is 72.7 Å². The summed E-state index contributed by atoms with van der Waals surface area (Å²) in [7, 11) is 1.55. The molecule has 0 saturated heterocycles. The van der Waals surface area contributed by atoms with Crippen LogP contribution in [0, 0.1) is 13.8 Å². The number of rotatable bonds is 7. The van der Waals surface area contributed by atoms with Gasteiger partial charge in [-0.25, -0.2) is 0 Å². The number of carbonyl (C=O) groups excluding carboxylic acids is 1. The van der Waals surface area contributed by atoms with E-state index in [9.17, 15) is 4.79 Å². The summed E-state index contributed by atoms with van der Waals surface area (Å²) in [5.74, 6) is 1.11. The number of carbonyl (C=O) groups is 1. The van der Waals surface area contributed by atoms with Gasteiger partial charge in [0.15, 0.2) is 11.5 Å². The van der Waals surface area contributed by atoms with Crippen LogP contribution in [0.15, 0.2) is 65.9 Å². The second kappa shape index (κ2) is 11.0. The van der Waals surface area contributed by atoms with Gasteiger partial charge in [0, 0.05) is 27.0 Å². The van der Waals surface area contributed by atoms with E-state index in [1.54, 1.807) is 36.1 Å². The number of anilines is 2. The Labute approximate surface area is 235 Å². The van der Waals surface area contributed by atoms with Crippen LogP contribution in [-0.2, 0) is 11.4 Å². The third-order valence-electron chi connectivity index (χ3n) is 6.53. The molecule has 2 N–H and O–H groups in total. The van der Waals surface area contributed by atoms with Crippen LogP contribution >= 0.6 is 23.2 Å². The number of aromatic nitrogens is 4. The number of aryl methyl sites for hydroxylation is 2. The minimum absolute atomic E-state index is 0.154. The Morgan fingerprint density at radius 3 is 2.54 bits per heavy atom. The van der Waals surface area contributed by atoms with Crippen molar-refractivity contribution in [2.75, 3.05) is 17.7 Å². The standard InChI is InChI=1S/C28H26Cl2N6O3/c1-15-8-10-22(16(2)12-15)32-27(37)25-17(3)31-28-33-34-35-36(28)26(25)18-9-11-23(24(13-18)38-4)39-14-19-20(29)6-5-7-21(19)30/h5-13,26H,14H2,1-4H3,(H,32,37)(H,31,33,35). The first-order valence-electron chi connectivity index (χ1n) is 12.1. The molecule has 0 fully saturated rings. The van der Waals surface area contributed by atoms with E-state index >= 15 is 0 Å². The molecule has 11 heteroatoms. The molecule has 5 rings (SSSR count). The summed E-state index contributed by atoms with van der Waals surface area (Å²) >= 11 is 12.6. The van der Waals surface area contributed by atoms with Crippen LogP contribution in [0.3, 0.4) is 0 Å². The van der Waals surface area contributed by atoms with Gasteiger partial charge in [0.05, 0.1) is 12.7 Å². The number of fused-ring (bicyclic) bond motifs is 1. The van der Waals surface area contributed by atoms with E-state index < -0.39 is 6.04 Å². The Morgan fingerprint density at radius 1 is 1.05 bits per heavy atom. The molecule has 0 saturated carbocycles. The van der Waals surface area contributed by atoms with Crippen molar-refractivity contribution in [1.82, 2.24) is 20.2 Å². The minimum Gasteiger partial charge on any atom is -0.493 e. The second-order valence-electron chi connectivity index (χ2n) is 9.18. The highest BCUT2D eigenvalue weighted by Gasteiger charge is 2.34. The second-order valence-corrected chi connectivity index (χ2v) is 10.00. The molecule has 0 aliphatic carbocycles. The number of benzene rings is 3. The average molecular weight is 565 g/mol. The summed E-state index contributed by atoms with van der Waals surface area (Å²) in [6.45, 7) is 5.94. The molecular weight excluding hydrogens is 539 g/mol. The van der Waals surface area contributed by atoms with Gasteiger partial charge in [-0.15, -0.1) is 0 Å². The first-order valence-corrected chi connectivity index (χ1v) is 12.9. The van der Waals surface area contributed by atoms with Crippen LogP contribution in [0.4, 0.5) is 11.6 Å². The quantitative estimate of drug-likeness (QED) is 0.279. The number of hydrogen-bond donors (Lipinski definition) is 2. The Kier molecular flexibility index (Phi) is 7.45. The number of methoxy groups -OCH3 is 1. The van der Waals surface area contributed by atoms with Gasteiger partial charge in [-0.2, -0.15) is 4.68 Å². The number of nitrogens with one attached hydrogen (secondary N) is 2. The fraction of sp³-hybridized carbons (Fsp3) is 0.214. The zero-order chi connectivity index (χ0) is 27.7. The molecule has 1 aliphatic rings. The zero-order valence-electron chi connectivity index (χ0n) is 21.8. The lowest BCUT2D eigenvalue weighted by molar-refractivity contribution is -0.113. The molecule has 1 aliphatic heterocycles. The molecular formula is C28H26Cl2N6O3. The van der Waals surface area contributed by atoms with Crippen molar-refractivity contribution < 1.29 is 14.3 Å². The van der Waals surface area contributed by atoms with Gasteiger partial charge >= 0.3 is 0 Å². The summed E-state index contributed by atoms with van der Waals surface area (Å²) in [6, 6.07) is 16.0. The highest BCUT2D eigenvalue weighted by atomic mass is 35.5. The average Bonchev–Trinajstić information content (AvgIpc) is 3.37. The molecule has 1 aromatic heterocycles. The van der Waals surface area contributed by atoms with Gasteiger partial charge in [-0.3, -0.25) is 4.79 Å². The molecule has 2 heterocycles. The van der Waals surface area contributed by atoms with E-state index in [0.717, 1.165) is 22.4 Å². The van der Waals surface area contributed by atoms with Crippen molar-refractivity contribution >= 4 is 40.7 Å². The third kappa shape index (κ3) is 5.28. The van der Waals surface area contributed by atoms with Crippen LogP contribution in [0.1, 0.15) is 35.2 Å². The van der Waals surface area contributed by atoms with Crippen molar-refractivity contribution in [1.29, 1.82) is 0 Å². The Bertz CT molecular complexity index is 1580. The first kappa shape index (κ1) is 26.5. The molecule has 1 unspecified atom stereocenters. The zero-order valence-corrected chi connectivity index (χ0v) is 23.3. The number of halogens is 2. The number of amides is 1. The summed E-state index contributed by atoms with van der Waals surface area (Å²) in [6.07, 6.45) is 0. The lowest BCUT2D eigenvalue weighted by atomic mass is 9.94. The van der Waals surface area contributed by atoms with Crippen LogP contribution in [-0.4, -0.2) is 33.2 Å². The maximum atomic E-state index is 13.7. The summed E-state index contributed by atoms with van der Waals surface area (Å²) in [4.78, 5) is 13.7. The lowest BCUT2D eigenvalue weighted by Crippen LogP contribution is -2.31. The molecule has 0 spiro atoms. The van der Waals surface area contributed by atoms with Crippen molar-refractivity contribution in [3.05, 3.63) is 98.2 Å². The van der Waals surface area contributed by atoms with Crippen molar-refractivity contribution in [3.63, 3.8) is 0 Å². The molecule has 0 radical (unpaired) electrons. The molecule has 39 heavy (non-hydrogen) atoms. The lowest BCUT2D eigenvalue weighted by Gasteiger charge is -2.28. The maximum Gasteiger partial charge on any atom is 0.255 e. The number of allylic oxidation sites excluding steroid dienone is 1. The van der Waals surface area contributed by atoms with E-state index in [0.29, 0.717) is 44.3 Å². The fourth-order valence-electron chi connectivity index (χ4n) is 4.55. The van der Waals surface area contributed by atoms with E-state index in [2.05, 4.69) is 26.2 Å². The van der Waals surface area contributed by atoms with E-state index in [-0.39, 0.29) is 12.5 Å². The van der Waals surface area contributed by atoms with Crippen LogP contribution in [0.5, 0.6) is 11.5 Å². The van der Waals surface area contributed by atoms with Crippen LogP contribution in [0.2, 0.25) is 10.0 Å². The third-order valence-corrected chi connectivity index (χ3v) is 7.23. The number of ether oxygens (including phenoxy) is 2.